The average Bonchev–Trinajstić information content (AvgIpc) is 3.10. The van der Waals surface area contributed by atoms with Gasteiger partial charge in [0.25, 0.3) is 5.91 Å². The number of hydrogen-bond donors (Lipinski definition) is 1. The molecule has 2 aromatic rings. The number of ether oxygens (including phenoxy) is 2. The van der Waals surface area contributed by atoms with E-state index in [-0.39, 0.29) is 6.61 Å². The van der Waals surface area contributed by atoms with Gasteiger partial charge in [-0.1, -0.05) is 6.92 Å². The molecule has 0 saturated carbocycles. The first kappa shape index (κ1) is 20.1. The lowest BCUT2D eigenvalue weighted by molar-refractivity contribution is -0.119. The van der Waals surface area contributed by atoms with Crippen LogP contribution in [0.25, 0.3) is 0 Å². The first-order valence-corrected chi connectivity index (χ1v) is 10.1. The van der Waals surface area contributed by atoms with Gasteiger partial charge in [-0.15, -0.1) is 11.3 Å². The van der Waals surface area contributed by atoms with Crippen LogP contribution >= 0.6 is 11.3 Å². The van der Waals surface area contributed by atoms with Crippen LogP contribution in [-0.4, -0.2) is 31.1 Å². The number of thiophene rings is 1. The zero-order valence-electron chi connectivity index (χ0n) is 15.9. The van der Waals surface area contributed by atoms with Gasteiger partial charge in [0.2, 0.25) is 0 Å². The van der Waals surface area contributed by atoms with Crippen molar-refractivity contribution in [1.82, 2.24) is 0 Å². The minimum atomic E-state index is -0.472. The molecule has 1 N–H and O–H groups in total. The van der Waals surface area contributed by atoms with Crippen molar-refractivity contribution < 1.29 is 23.9 Å². The van der Waals surface area contributed by atoms with Crippen molar-refractivity contribution in [3.63, 3.8) is 0 Å². The van der Waals surface area contributed by atoms with Crippen molar-refractivity contribution in [2.45, 2.75) is 33.1 Å². The van der Waals surface area contributed by atoms with Crippen molar-refractivity contribution in [2.75, 3.05) is 18.5 Å². The highest BCUT2D eigenvalue weighted by Crippen LogP contribution is 2.32. The van der Waals surface area contributed by atoms with Gasteiger partial charge in [-0.2, -0.15) is 0 Å². The van der Waals surface area contributed by atoms with E-state index in [1.165, 1.54) is 21.8 Å². The normalized spacial score (nSPS) is 15.4. The standard InChI is InChI=1S/C21H23NO5S/c1-3-26-20(24)14-5-7-16(8-6-14)22-19(23)12-27-21(25)18-11-15-10-13(2)4-9-17(15)28-18/h5-8,11,13H,3-4,9-10,12H2,1-2H3,(H,22,23)/t13-/m0/s1. The van der Waals surface area contributed by atoms with Crippen LogP contribution in [-0.2, 0) is 27.1 Å². The van der Waals surface area contributed by atoms with Gasteiger partial charge in [0.15, 0.2) is 6.61 Å². The van der Waals surface area contributed by atoms with Gasteiger partial charge < -0.3 is 14.8 Å². The molecule has 0 fully saturated rings. The lowest BCUT2D eigenvalue weighted by Crippen LogP contribution is -2.20. The van der Waals surface area contributed by atoms with Crippen LogP contribution in [0.1, 0.15) is 50.7 Å². The maximum atomic E-state index is 12.2. The Morgan fingerprint density at radius 2 is 1.89 bits per heavy atom. The summed E-state index contributed by atoms with van der Waals surface area (Å²) in [7, 11) is 0. The highest BCUT2D eigenvalue weighted by molar-refractivity contribution is 7.14. The molecular formula is C21H23NO5S. The van der Waals surface area contributed by atoms with E-state index in [0.717, 1.165) is 19.3 Å². The van der Waals surface area contributed by atoms with Crippen molar-refractivity contribution in [2.24, 2.45) is 5.92 Å². The summed E-state index contributed by atoms with van der Waals surface area (Å²) in [6, 6.07) is 8.22. The predicted molar refractivity (Wildman–Crippen MR) is 107 cm³/mol. The van der Waals surface area contributed by atoms with Crippen molar-refractivity contribution in [3.8, 4) is 0 Å². The molecule has 0 saturated heterocycles. The van der Waals surface area contributed by atoms with E-state index < -0.39 is 17.8 Å². The highest BCUT2D eigenvalue weighted by Gasteiger charge is 2.21. The second kappa shape index (κ2) is 9.01. The number of hydrogen-bond acceptors (Lipinski definition) is 6. The van der Waals surface area contributed by atoms with E-state index in [1.807, 2.05) is 6.07 Å². The molecule has 1 aliphatic rings. The topological polar surface area (TPSA) is 81.7 Å². The Bertz CT molecular complexity index is 871. The highest BCUT2D eigenvalue weighted by atomic mass is 32.1. The molecule has 148 valence electrons. The van der Waals surface area contributed by atoms with Crippen molar-refractivity contribution in [3.05, 3.63) is 51.2 Å². The SMILES string of the molecule is CCOC(=O)c1ccc(NC(=O)COC(=O)c2cc3c(s2)CC[C@H](C)C3)cc1. The fourth-order valence-corrected chi connectivity index (χ4v) is 4.21. The molecule has 0 spiro atoms. The Kier molecular flexibility index (Phi) is 6.46. The van der Waals surface area contributed by atoms with Crippen LogP contribution < -0.4 is 5.32 Å². The molecule has 1 aliphatic carbocycles. The number of benzene rings is 1. The Morgan fingerprint density at radius 1 is 1.14 bits per heavy atom. The maximum Gasteiger partial charge on any atom is 0.348 e. The number of amides is 1. The van der Waals surface area contributed by atoms with Gasteiger partial charge in [0.1, 0.15) is 4.88 Å². The molecule has 28 heavy (non-hydrogen) atoms. The van der Waals surface area contributed by atoms with Crippen LogP contribution in [0.3, 0.4) is 0 Å². The second-order valence-electron chi connectivity index (χ2n) is 6.83. The van der Waals surface area contributed by atoms with Gasteiger partial charge in [0, 0.05) is 10.6 Å². The summed E-state index contributed by atoms with van der Waals surface area (Å²) in [5.74, 6) is -0.693. The number of esters is 2. The lowest BCUT2D eigenvalue weighted by Gasteiger charge is -2.16. The third-order valence-electron chi connectivity index (χ3n) is 4.54. The smallest absolute Gasteiger partial charge is 0.348 e. The van der Waals surface area contributed by atoms with Crippen LogP contribution in [0, 0.1) is 5.92 Å². The van der Waals surface area contributed by atoms with E-state index in [0.29, 0.717) is 28.7 Å². The molecule has 0 radical (unpaired) electrons. The Labute approximate surface area is 167 Å². The fourth-order valence-electron chi connectivity index (χ4n) is 3.11. The molecule has 0 unspecified atom stereocenters. The van der Waals surface area contributed by atoms with Crippen LogP contribution in [0.4, 0.5) is 5.69 Å². The van der Waals surface area contributed by atoms with E-state index >= 15 is 0 Å². The van der Waals surface area contributed by atoms with Crippen LogP contribution in [0.5, 0.6) is 0 Å². The van der Waals surface area contributed by atoms with Crippen molar-refractivity contribution in [1.29, 1.82) is 0 Å². The Hall–Kier alpha value is -2.67. The quantitative estimate of drug-likeness (QED) is 0.744. The summed E-state index contributed by atoms with van der Waals surface area (Å²) in [4.78, 5) is 37.7. The van der Waals surface area contributed by atoms with E-state index in [1.54, 1.807) is 31.2 Å². The Balaban J connectivity index is 1.50. The van der Waals surface area contributed by atoms with Gasteiger partial charge in [-0.05, 0) is 68.0 Å². The minimum absolute atomic E-state index is 0.301. The molecule has 0 bridgehead atoms. The molecule has 1 aromatic carbocycles. The number of aryl methyl sites for hydroxylation is 1. The monoisotopic (exact) mass is 401 g/mol. The minimum Gasteiger partial charge on any atom is -0.462 e. The molecule has 1 amide bonds. The van der Waals surface area contributed by atoms with Gasteiger partial charge >= 0.3 is 11.9 Å². The van der Waals surface area contributed by atoms with E-state index in [2.05, 4.69) is 12.2 Å². The third kappa shape index (κ3) is 4.98. The molecule has 7 heteroatoms. The molecule has 6 nitrogen and oxygen atoms in total. The van der Waals surface area contributed by atoms with Gasteiger partial charge in [-0.25, -0.2) is 9.59 Å². The molecule has 1 aromatic heterocycles. The summed E-state index contributed by atoms with van der Waals surface area (Å²) in [5, 5.41) is 2.64. The number of anilines is 1. The van der Waals surface area contributed by atoms with E-state index in [4.69, 9.17) is 9.47 Å². The third-order valence-corrected chi connectivity index (χ3v) is 5.76. The predicted octanol–water partition coefficient (Wildman–Crippen LogP) is 3.85. The summed E-state index contributed by atoms with van der Waals surface area (Å²) < 4.78 is 10.1. The summed E-state index contributed by atoms with van der Waals surface area (Å²) in [6.07, 6.45) is 3.12. The number of nitrogens with one attached hydrogen (secondary N) is 1. The number of fused-ring (bicyclic) bond motifs is 1. The van der Waals surface area contributed by atoms with Crippen LogP contribution in [0.15, 0.2) is 30.3 Å². The first-order chi connectivity index (χ1) is 13.5. The number of carbonyl (C=O) groups is 3. The van der Waals surface area contributed by atoms with Gasteiger partial charge in [0.05, 0.1) is 12.2 Å². The molecule has 1 heterocycles. The number of carbonyl (C=O) groups excluding carboxylic acids is 3. The Morgan fingerprint density at radius 3 is 2.61 bits per heavy atom. The second-order valence-corrected chi connectivity index (χ2v) is 7.97. The van der Waals surface area contributed by atoms with Crippen molar-refractivity contribution >= 4 is 34.9 Å². The largest absolute Gasteiger partial charge is 0.462 e. The number of rotatable bonds is 6. The summed E-state index contributed by atoms with van der Waals surface area (Å²) >= 11 is 1.46. The molecule has 1 atom stereocenters. The summed E-state index contributed by atoms with van der Waals surface area (Å²) in [5.41, 5.74) is 2.14. The summed E-state index contributed by atoms with van der Waals surface area (Å²) in [6.45, 7) is 3.88. The molecule has 3 rings (SSSR count). The average molecular weight is 401 g/mol. The zero-order valence-corrected chi connectivity index (χ0v) is 16.8. The lowest BCUT2D eigenvalue weighted by atomic mass is 9.90. The maximum absolute atomic E-state index is 12.2. The van der Waals surface area contributed by atoms with Gasteiger partial charge in [-0.3, -0.25) is 4.79 Å². The van der Waals surface area contributed by atoms with E-state index in [9.17, 15) is 14.4 Å². The first-order valence-electron chi connectivity index (χ1n) is 9.32. The molecule has 0 aliphatic heterocycles. The zero-order chi connectivity index (χ0) is 20.1. The fraction of sp³-hybridized carbons (Fsp3) is 0.381. The van der Waals surface area contributed by atoms with Crippen LogP contribution in [0.2, 0.25) is 0 Å². The molecular weight excluding hydrogens is 378 g/mol.